The van der Waals surface area contributed by atoms with Gasteiger partial charge < -0.3 is 61.3 Å². The number of aromatic nitrogens is 6. The Morgan fingerprint density at radius 2 is 0.271 bits per heavy atom. The van der Waals surface area contributed by atoms with E-state index in [0.29, 0.717) is 11.8 Å². The molecule has 8 fully saturated rings. The van der Waals surface area contributed by atoms with Crippen molar-refractivity contribution in [3.05, 3.63) is 432 Å². The predicted octanol–water partition coefficient (Wildman–Crippen LogP) is 20.9. The maximum atomic E-state index is 11.5. The molecule has 8 aliphatic rings. The zero-order valence-corrected chi connectivity index (χ0v) is 78.8. The van der Waals surface area contributed by atoms with E-state index in [1.807, 2.05) is 220 Å². The molecule has 24 heteroatoms. The molecule has 718 valence electrons. The molecule has 0 aliphatic heterocycles. The fourth-order valence-electron chi connectivity index (χ4n) is 22.4. The third kappa shape index (κ3) is 24.3. The lowest BCUT2D eigenvalue weighted by atomic mass is 9.36. The first kappa shape index (κ1) is 105. The van der Waals surface area contributed by atoms with Gasteiger partial charge >= 0.3 is 35.8 Å². The first-order chi connectivity index (χ1) is 68.1. The Bertz CT molecular complexity index is 5440. The Kier molecular flexibility index (Phi) is 36.7. The molecular weight excluding hydrogens is 1770 g/mol. The molecule has 0 spiro atoms. The summed E-state index contributed by atoms with van der Waals surface area (Å²) in [6.45, 7) is 0. The van der Waals surface area contributed by atoms with Gasteiger partial charge in [-0.1, -0.05) is 146 Å². The van der Waals surface area contributed by atoms with Crippen molar-refractivity contribution in [2.45, 2.75) is 110 Å². The Morgan fingerprint density at radius 3 is 0.371 bits per heavy atom. The fraction of sp³-hybridized carbons (Fsp3) is 0.224. The molecule has 23 rings (SSSR count). The molecule has 0 amide bonds. The van der Waals surface area contributed by atoms with E-state index in [-0.39, 0.29) is 65.9 Å². The van der Waals surface area contributed by atoms with Gasteiger partial charge in [-0.2, -0.15) is 0 Å². The molecule has 0 atom stereocenters. The van der Waals surface area contributed by atoms with Crippen LogP contribution >= 0.6 is 0 Å². The van der Waals surface area contributed by atoms with Crippen molar-refractivity contribution in [2.75, 3.05) is 42.7 Å². The third-order valence-corrected chi connectivity index (χ3v) is 27.3. The summed E-state index contributed by atoms with van der Waals surface area (Å²) in [6.07, 6.45) is 33.5. The molecule has 9 aromatic carbocycles. The van der Waals surface area contributed by atoms with Crippen molar-refractivity contribution in [3.8, 4) is 66.8 Å². The first-order valence-corrected chi connectivity index (χ1v) is 45.5. The van der Waals surface area contributed by atoms with Crippen LogP contribution in [0.4, 0.5) is 0 Å². The number of carboxylic acid groups (broad SMARTS) is 6. The monoisotopic (exact) mass is 1880 g/mol. The number of benzene rings is 9. The lowest BCUT2D eigenvalue weighted by molar-refractivity contribution is -0.0495. The summed E-state index contributed by atoms with van der Waals surface area (Å²) in [5.41, 5.74) is 22.0. The van der Waals surface area contributed by atoms with E-state index in [0.717, 1.165) is 153 Å². The number of aromatic carboxylic acids is 6. The predicted molar refractivity (Wildman–Crippen MR) is 540 cm³/mol. The Balaban J connectivity index is 0.000000169. The van der Waals surface area contributed by atoms with E-state index in [1.54, 1.807) is 72.8 Å². The van der Waals surface area contributed by atoms with Crippen molar-refractivity contribution in [3.63, 3.8) is 0 Å². The van der Waals surface area contributed by atoms with Crippen LogP contribution in [0.1, 0.15) is 173 Å². The number of hydrogen-bond donors (Lipinski definition) is 12. The Morgan fingerprint density at radius 1 is 0.171 bits per heavy atom. The highest BCUT2D eigenvalue weighted by atomic mass is 16.4. The van der Waals surface area contributed by atoms with E-state index in [1.165, 1.54) is 66.8 Å². The lowest BCUT2D eigenvalue weighted by Crippen LogP contribution is -2.62. The second-order valence-electron chi connectivity index (χ2n) is 35.1. The van der Waals surface area contributed by atoms with Crippen LogP contribution in [-0.4, -0.2) is 170 Å². The molecular formula is C116H116N6O18. The van der Waals surface area contributed by atoms with Gasteiger partial charge in [0.15, 0.2) is 0 Å². The highest BCUT2D eigenvalue weighted by Crippen LogP contribution is 2.73. The SMILES string of the molecule is CO.CO.CO.CO.CO.CO.O=C(O)c1ccc(C23CC4CC(c5ccc(C(=O)O)cc5)(C2)CC(c2ccc(C(=O)O)cc2)(C4)C3)cc1.O=C(O)c1ccc(C23CC4CC(c5ccc(C(=O)O)cc5)(C2)CC(c2ccc(C(=O)O)cc2)(C4)C3)cc1.c1cc(-c2ccc(-c3ccncc3)cc2)ccn1.c1cc(-c2ccc(-c3ccncc3)cc2)ccn1.c1cc(-c2ccc(-c3ccncc3)cc2)ccn1. The first-order valence-electron chi connectivity index (χ1n) is 45.5. The molecule has 8 saturated carbocycles. The van der Waals surface area contributed by atoms with Gasteiger partial charge in [-0.05, 0) is 367 Å². The van der Waals surface area contributed by atoms with Crippen molar-refractivity contribution >= 4 is 35.8 Å². The van der Waals surface area contributed by atoms with Crippen LogP contribution in [0.5, 0.6) is 0 Å². The van der Waals surface area contributed by atoms with E-state index in [2.05, 4.69) is 103 Å². The summed E-state index contributed by atoms with van der Waals surface area (Å²) in [4.78, 5) is 93.2. The van der Waals surface area contributed by atoms with Crippen LogP contribution < -0.4 is 0 Å². The maximum Gasteiger partial charge on any atom is 0.335 e. The van der Waals surface area contributed by atoms with Crippen LogP contribution in [-0.2, 0) is 32.5 Å². The normalized spacial score (nSPS) is 19.9. The molecule has 12 N–H and O–H groups in total. The quantitative estimate of drug-likeness (QED) is 0.0379. The highest BCUT2D eigenvalue weighted by molar-refractivity contribution is 5.91. The van der Waals surface area contributed by atoms with Gasteiger partial charge in [0.25, 0.3) is 0 Å². The number of nitrogens with zero attached hydrogens (tertiary/aromatic N) is 6. The number of pyridine rings is 6. The summed E-state index contributed by atoms with van der Waals surface area (Å²) in [5.74, 6) is -4.75. The minimum Gasteiger partial charge on any atom is -0.478 e. The van der Waals surface area contributed by atoms with Gasteiger partial charge in [-0.3, -0.25) is 29.9 Å². The van der Waals surface area contributed by atoms with Crippen molar-refractivity contribution in [1.82, 2.24) is 29.9 Å². The molecule has 6 heterocycles. The molecule has 6 aromatic heterocycles. The summed E-state index contributed by atoms with van der Waals surface area (Å²) >= 11 is 0. The van der Waals surface area contributed by atoms with Crippen molar-refractivity contribution < 1.29 is 90.0 Å². The number of rotatable bonds is 18. The van der Waals surface area contributed by atoms with Gasteiger partial charge in [-0.25, -0.2) is 28.8 Å². The van der Waals surface area contributed by atoms with Crippen LogP contribution in [0.15, 0.2) is 366 Å². The molecule has 140 heavy (non-hydrogen) atoms. The second kappa shape index (κ2) is 49.0. The summed E-state index contributed by atoms with van der Waals surface area (Å²) in [6, 6.07) is 93.7. The van der Waals surface area contributed by atoms with Gasteiger partial charge in [-0.15, -0.1) is 0 Å². The minimum absolute atomic E-state index is 0.145. The average molecular weight is 1880 g/mol. The number of aliphatic hydroxyl groups excluding tert-OH is 6. The molecule has 8 bridgehead atoms. The highest BCUT2D eigenvalue weighted by Gasteiger charge is 2.66. The molecule has 15 aromatic rings. The van der Waals surface area contributed by atoms with E-state index < -0.39 is 35.8 Å². The van der Waals surface area contributed by atoms with Crippen molar-refractivity contribution in [2.24, 2.45) is 11.8 Å². The number of carbonyl (C=O) groups is 6. The van der Waals surface area contributed by atoms with Gasteiger partial charge in [0.2, 0.25) is 0 Å². The number of hydrogen-bond acceptors (Lipinski definition) is 18. The fourth-order valence-corrected chi connectivity index (χ4v) is 22.4. The van der Waals surface area contributed by atoms with E-state index in [9.17, 15) is 59.4 Å². The zero-order valence-electron chi connectivity index (χ0n) is 78.8. The van der Waals surface area contributed by atoms with E-state index in [4.69, 9.17) is 30.6 Å². The van der Waals surface area contributed by atoms with Crippen LogP contribution in [0.3, 0.4) is 0 Å². The van der Waals surface area contributed by atoms with Gasteiger partial charge in [0.05, 0.1) is 33.4 Å². The minimum atomic E-state index is -0.943. The standard InChI is InChI=1S/2C31H28O6.3C16H12N2.6CH4O/c2*32-26(33)20-1-7-23(8-2-20)29-13-19-14-30(16-29,24-9-3-21(4-10-24)27(34)35)18-31(15-19,17-29)25-11-5-22(6-12-25)28(36)37;3*1-2-14(16-7-11-18-12-8-16)4-3-13(1)15-5-9-17-10-6-15;6*1-2/h2*1-12,19H,13-18H2,(H,32,33)(H,34,35)(H,36,37);3*1-12H;6*2H,1H3. The zero-order chi connectivity index (χ0) is 101. The average Bonchev–Trinajstić information content (AvgIpc) is 0.686. The van der Waals surface area contributed by atoms with Gasteiger partial charge in [0, 0.05) is 117 Å². The largest absolute Gasteiger partial charge is 0.478 e. The smallest absolute Gasteiger partial charge is 0.335 e. The molecule has 0 unspecified atom stereocenters. The number of aliphatic hydroxyl groups is 6. The summed E-state index contributed by atoms with van der Waals surface area (Å²) < 4.78 is 0. The summed E-state index contributed by atoms with van der Waals surface area (Å²) in [7, 11) is 6.00. The maximum absolute atomic E-state index is 11.5. The van der Waals surface area contributed by atoms with Crippen molar-refractivity contribution in [1.29, 1.82) is 0 Å². The molecule has 0 saturated heterocycles. The topological polar surface area (TPSA) is 423 Å². The van der Waals surface area contributed by atoms with Crippen LogP contribution in [0.25, 0.3) is 66.8 Å². The third-order valence-electron chi connectivity index (χ3n) is 27.3. The molecule has 24 nitrogen and oxygen atoms in total. The summed E-state index contributed by atoms with van der Waals surface area (Å²) in [5, 5.41) is 98.6. The lowest BCUT2D eigenvalue weighted by Gasteiger charge is -2.67. The molecule has 0 radical (unpaired) electrons. The van der Waals surface area contributed by atoms with E-state index >= 15 is 0 Å². The van der Waals surface area contributed by atoms with Crippen LogP contribution in [0, 0.1) is 11.8 Å². The number of carboxylic acids is 6. The Labute approximate surface area is 814 Å². The second-order valence-corrected chi connectivity index (χ2v) is 35.1. The van der Waals surface area contributed by atoms with Crippen LogP contribution in [0.2, 0.25) is 0 Å². The Hall–Kier alpha value is -15.5. The molecule has 8 aliphatic carbocycles. The van der Waals surface area contributed by atoms with Gasteiger partial charge in [0.1, 0.15) is 0 Å².